The summed E-state index contributed by atoms with van der Waals surface area (Å²) in [7, 11) is 0. The number of nitrogens with two attached hydrogens (primary N) is 1. The number of nitrogens with zero attached hydrogens (tertiary/aromatic N) is 2. The molecule has 0 aliphatic rings. The van der Waals surface area contributed by atoms with Crippen LogP contribution >= 0.6 is 47.8 Å². The lowest BCUT2D eigenvalue weighted by atomic mass is 10.2. The Kier molecular flexibility index (Phi) is 4.45. The van der Waals surface area contributed by atoms with Crippen LogP contribution in [0.4, 0.5) is 5.82 Å². The summed E-state index contributed by atoms with van der Waals surface area (Å²) in [6.45, 7) is 2.09. The van der Waals surface area contributed by atoms with Crippen LogP contribution in [0.5, 0.6) is 0 Å². The molecule has 0 saturated carbocycles. The predicted octanol–water partition coefficient (Wildman–Crippen LogP) is 4.56. The summed E-state index contributed by atoms with van der Waals surface area (Å²) in [5.41, 5.74) is 6.76. The van der Waals surface area contributed by atoms with Gasteiger partial charge >= 0.3 is 0 Å². The molecule has 7 heteroatoms. The minimum atomic E-state index is 0.423. The van der Waals surface area contributed by atoms with E-state index in [2.05, 4.69) is 64.7 Å². The molecule has 0 bridgehead atoms. The molecule has 96 valence electrons. The quantitative estimate of drug-likeness (QED) is 0.761. The van der Waals surface area contributed by atoms with Gasteiger partial charge in [0.2, 0.25) is 0 Å². The summed E-state index contributed by atoms with van der Waals surface area (Å²) in [5, 5.41) is 0. The Morgan fingerprint density at radius 2 is 2.00 bits per heavy atom. The summed E-state index contributed by atoms with van der Waals surface area (Å²) >= 11 is 10.1. The fraction of sp³-hybridized carbons (Fsp3) is 0.273. The van der Waals surface area contributed by atoms with Gasteiger partial charge in [0.1, 0.15) is 5.82 Å². The van der Waals surface area contributed by atoms with Gasteiger partial charge in [-0.15, -0.1) is 0 Å². The molecule has 2 rings (SSSR count). The SMILES string of the molecule is CCCc1nc(-c2cc(Br)c(Br)o2)nc(N)c1Br. The molecule has 2 aromatic rings. The van der Waals surface area contributed by atoms with Crippen LogP contribution < -0.4 is 5.73 Å². The van der Waals surface area contributed by atoms with Crippen LogP contribution in [-0.4, -0.2) is 9.97 Å². The largest absolute Gasteiger partial charge is 0.445 e. The zero-order chi connectivity index (χ0) is 13.3. The standard InChI is InChI=1S/C11H10Br3N3O/c1-2-3-6-8(13)10(15)17-11(16-6)7-4-5(12)9(14)18-7/h4H,2-3H2,1H3,(H2,15,16,17). The Morgan fingerprint density at radius 3 is 2.56 bits per heavy atom. The zero-order valence-corrected chi connectivity index (χ0v) is 14.3. The van der Waals surface area contributed by atoms with Crippen LogP contribution in [0.3, 0.4) is 0 Å². The van der Waals surface area contributed by atoms with E-state index < -0.39 is 0 Å². The fourth-order valence-electron chi connectivity index (χ4n) is 1.48. The second-order valence-electron chi connectivity index (χ2n) is 3.68. The normalized spacial score (nSPS) is 10.9. The average Bonchev–Trinajstić information content (AvgIpc) is 2.65. The number of aromatic nitrogens is 2. The number of hydrogen-bond acceptors (Lipinski definition) is 4. The van der Waals surface area contributed by atoms with Crippen LogP contribution in [0, 0.1) is 0 Å². The van der Waals surface area contributed by atoms with Crippen LogP contribution in [0.2, 0.25) is 0 Å². The van der Waals surface area contributed by atoms with Crippen molar-refractivity contribution in [3.8, 4) is 11.6 Å². The van der Waals surface area contributed by atoms with E-state index in [9.17, 15) is 0 Å². The van der Waals surface area contributed by atoms with E-state index in [-0.39, 0.29) is 0 Å². The molecule has 0 aromatic carbocycles. The highest BCUT2D eigenvalue weighted by Crippen LogP contribution is 2.33. The Hall–Kier alpha value is -0.400. The maximum atomic E-state index is 5.87. The van der Waals surface area contributed by atoms with Crippen molar-refractivity contribution < 1.29 is 4.42 Å². The molecule has 0 saturated heterocycles. The van der Waals surface area contributed by atoms with Crippen molar-refractivity contribution >= 4 is 53.6 Å². The monoisotopic (exact) mass is 437 g/mol. The van der Waals surface area contributed by atoms with Crippen molar-refractivity contribution in [2.45, 2.75) is 19.8 Å². The second kappa shape index (κ2) is 5.71. The topological polar surface area (TPSA) is 64.9 Å². The third kappa shape index (κ3) is 2.78. The van der Waals surface area contributed by atoms with Gasteiger partial charge in [-0.05, 0) is 54.2 Å². The van der Waals surface area contributed by atoms with Crippen molar-refractivity contribution in [3.63, 3.8) is 0 Å². The molecular formula is C11H10Br3N3O. The minimum absolute atomic E-state index is 0.423. The van der Waals surface area contributed by atoms with Crippen LogP contribution in [0.15, 0.2) is 24.1 Å². The third-order valence-electron chi connectivity index (χ3n) is 2.30. The third-order valence-corrected chi connectivity index (χ3v) is 4.87. The summed E-state index contributed by atoms with van der Waals surface area (Å²) in [6, 6.07) is 1.81. The van der Waals surface area contributed by atoms with E-state index in [0.29, 0.717) is 22.1 Å². The average molecular weight is 440 g/mol. The molecule has 0 spiro atoms. The lowest BCUT2D eigenvalue weighted by Gasteiger charge is -2.06. The van der Waals surface area contributed by atoms with Gasteiger partial charge < -0.3 is 10.2 Å². The Bertz CT molecular complexity index is 564. The molecule has 0 radical (unpaired) electrons. The van der Waals surface area contributed by atoms with Crippen molar-refractivity contribution in [2.75, 3.05) is 5.73 Å². The maximum absolute atomic E-state index is 5.87. The molecule has 0 fully saturated rings. The van der Waals surface area contributed by atoms with Crippen molar-refractivity contribution in [1.29, 1.82) is 0 Å². The smallest absolute Gasteiger partial charge is 0.198 e. The highest BCUT2D eigenvalue weighted by Gasteiger charge is 2.15. The number of hydrogen-bond donors (Lipinski definition) is 1. The van der Waals surface area contributed by atoms with Gasteiger partial charge in [-0.3, -0.25) is 0 Å². The lowest BCUT2D eigenvalue weighted by Crippen LogP contribution is -2.02. The summed E-state index contributed by atoms with van der Waals surface area (Å²) < 4.78 is 7.69. The number of furan rings is 1. The number of halogens is 3. The Labute approximate surface area is 130 Å². The van der Waals surface area contributed by atoms with Gasteiger partial charge in [0.15, 0.2) is 16.3 Å². The van der Waals surface area contributed by atoms with E-state index in [1.54, 1.807) is 0 Å². The van der Waals surface area contributed by atoms with Crippen LogP contribution in [-0.2, 0) is 6.42 Å². The van der Waals surface area contributed by atoms with Crippen LogP contribution in [0.25, 0.3) is 11.6 Å². The first-order chi connectivity index (χ1) is 8.52. The molecule has 0 atom stereocenters. The van der Waals surface area contributed by atoms with Gasteiger partial charge in [0.25, 0.3) is 0 Å². The summed E-state index contributed by atoms with van der Waals surface area (Å²) in [6.07, 6.45) is 1.82. The van der Waals surface area contributed by atoms with Gasteiger partial charge in [-0.1, -0.05) is 13.3 Å². The summed E-state index contributed by atoms with van der Waals surface area (Å²) in [4.78, 5) is 8.70. The molecule has 0 amide bonds. The molecule has 18 heavy (non-hydrogen) atoms. The fourth-order valence-corrected chi connectivity index (χ4v) is 2.44. The molecule has 2 aromatic heterocycles. The first-order valence-corrected chi connectivity index (χ1v) is 7.68. The van der Waals surface area contributed by atoms with Gasteiger partial charge in [0, 0.05) is 6.07 Å². The zero-order valence-electron chi connectivity index (χ0n) is 9.51. The molecule has 0 aliphatic carbocycles. The Balaban J connectivity index is 2.51. The van der Waals surface area contributed by atoms with E-state index >= 15 is 0 Å². The molecule has 0 unspecified atom stereocenters. The van der Waals surface area contributed by atoms with Crippen molar-refractivity contribution in [2.24, 2.45) is 0 Å². The lowest BCUT2D eigenvalue weighted by molar-refractivity contribution is 0.549. The second-order valence-corrected chi connectivity index (χ2v) is 6.04. The molecule has 2 heterocycles. The predicted molar refractivity (Wildman–Crippen MR) is 81.2 cm³/mol. The van der Waals surface area contributed by atoms with Crippen LogP contribution in [0.1, 0.15) is 19.0 Å². The van der Waals surface area contributed by atoms with E-state index in [1.165, 1.54) is 0 Å². The molecule has 4 nitrogen and oxygen atoms in total. The van der Waals surface area contributed by atoms with Gasteiger partial charge in [-0.25, -0.2) is 9.97 Å². The first-order valence-electron chi connectivity index (χ1n) is 5.30. The highest BCUT2D eigenvalue weighted by atomic mass is 79.9. The Morgan fingerprint density at radius 1 is 1.28 bits per heavy atom. The van der Waals surface area contributed by atoms with Crippen molar-refractivity contribution in [3.05, 3.63) is 25.4 Å². The van der Waals surface area contributed by atoms with E-state index in [1.807, 2.05) is 6.07 Å². The van der Waals surface area contributed by atoms with Crippen molar-refractivity contribution in [1.82, 2.24) is 9.97 Å². The molecular weight excluding hydrogens is 430 g/mol. The summed E-state index contributed by atoms with van der Waals surface area (Å²) in [5.74, 6) is 1.49. The van der Waals surface area contributed by atoms with Gasteiger partial charge in [-0.2, -0.15) is 0 Å². The van der Waals surface area contributed by atoms with E-state index in [4.69, 9.17) is 10.2 Å². The van der Waals surface area contributed by atoms with E-state index in [0.717, 1.165) is 27.5 Å². The first kappa shape index (κ1) is 14.0. The molecule has 2 N–H and O–H groups in total. The number of nitrogen functional groups attached to an aromatic ring is 1. The molecule has 0 aliphatic heterocycles. The highest BCUT2D eigenvalue weighted by molar-refractivity contribution is 9.13. The minimum Gasteiger partial charge on any atom is -0.445 e. The number of aryl methyl sites for hydroxylation is 1. The maximum Gasteiger partial charge on any atom is 0.198 e. The number of rotatable bonds is 3. The van der Waals surface area contributed by atoms with Gasteiger partial charge in [0.05, 0.1) is 14.6 Å². The number of anilines is 1.